The summed E-state index contributed by atoms with van der Waals surface area (Å²) in [5.74, 6) is 0.520. The van der Waals surface area contributed by atoms with Crippen molar-refractivity contribution in [2.45, 2.75) is 31.7 Å². The molecule has 4 rings (SSSR count). The molecule has 0 saturated heterocycles. The third-order valence-corrected chi connectivity index (χ3v) is 7.41. The van der Waals surface area contributed by atoms with Gasteiger partial charge >= 0.3 is 0 Å². The second-order valence-electron chi connectivity index (χ2n) is 7.53. The number of furan rings is 1. The molecule has 0 N–H and O–H groups in total. The topological polar surface area (TPSA) is 80.5 Å². The van der Waals surface area contributed by atoms with Crippen LogP contribution >= 0.6 is 11.3 Å². The Kier molecular flexibility index (Phi) is 5.68. The van der Waals surface area contributed by atoms with Crippen molar-refractivity contribution in [1.29, 1.82) is 0 Å². The monoisotopic (exact) mass is 454 g/mol. The lowest BCUT2D eigenvalue weighted by Crippen LogP contribution is -2.31. The summed E-state index contributed by atoms with van der Waals surface area (Å²) in [5.41, 5.74) is 3.81. The van der Waals surface area contributed by atoms with E-state index < -0.39 is 9.84 Å². The van der Waals surface area contributed by atoms with E-state index >= 15 is 0 Å². The van der Waals surface area contributed by atoms with Crippen molar-refractivity contribution in [3.05, 3.63) is 77.2 Å². The molecule has 0 unspecified atom stereocenters. The molecule has 2 aromatic heterocycles. The molecule has 0 aliphatic rings. The fourth-order valence-electron chi connectivity index (χ4n) is 3.31. The van der Waals surface area contributed by atoms with E-state index in [9.17, 15) is 13.2 Å². The third-order valence-electron chi connectivity index (χ3n) is 5.06. The molecule has 8 heteroatoms. The van der Waals surface area contributed by atoms with Crippen LogP contribution in [0.3, 0.4) is 0 Å². The van der Waals surface area contributed by atoms with Crippen LogP contribution in [0.15, 0.2) is 64.1 Å². The Balaban J connectivity index is 1.67. The molecule has 1 amide bonds. The van der Waals surface area contributed by atoms with Crippen molar-refractivity contribution in [2.75, 3.05) is 11.2 Å². The zero-order chi connectivity index (χ0) is 22.2. The van der Waals surface area contributed by atoms with Crippen LogP contribution in [0.25, 0.3) is 10.2 Å². The first-order valence-corrected chi connectivity index (χ1v) is 12.4. The summed E-state index contributed by atoms with van der Waals surface area (Å²) in [6.45, 7) is 4.31. The predicted molar refractivity (Wildman–Crippen MR) is 122 cm³/mol. The highest BCUT2D eigenvalue weighted by Crippen LogP contribution is 2.34. The molecule has 0 bridgehead atoms. The van der Waals surface area contributed by atoms with E-state index in [1.165, 1.54) is 23.5 Å². The number of rotatable bonds is 6. The Hall–Kier alpha value is -2.97. The molecular weight excluding hydrogens is 432 g/mol. The smallest absolute Gasteiger partial charge is 0.233 e. The molecule has 2 heterocycles. The summed E-state index contributed by atoms with van der Waals surface area (Å²) in [5, 5.41) is 0.613. The van der Waals surface area contributed by atoms with Gasteiger partial charge in [0.25, 0.3) is 0 Å². The van der Waals surface area contributed by atoms with Crippen LogP contribution in [0.1, 0.15) is 22.5 Å². The average molecular weight is 455 g/mol. The van der Waals surface area contributed by atoms with Crippen molar-refractivity contribution in [1.82, 2.24) is 4.98 Å². The summed E-state index contributed by atoms with van der Waals surface area (Å²) in [7, 11) is -3.28. The van der Waals surface area contributed by atoms with Crippen LogP contribution in [-0.4, -0.2) is 25.6 Å². The van der Waals surface area contributed by atoms with E-state index in [-0.39, 0.29) is 23.8 Å². The number of thiazole rings is 1. The maximum Gasteiger partial charge on any atom is 0.233 e. The van der Waals surface area contributed by atoms with E-state index in [0.717, 1.165) is 33.2 Å². The van der Waals surface area contributed by atoms with Crippen molar-refractivity contribution in [3.8, 4) is 0 Å². The summed E-state index contributed by atoms with van der Waals surface area (Å²) < 4.78 is 29.9. The highest BCUT2D eigenvalue weighted by molar-refractivity contribution is 7.90. The Labute approximate surface area is 185 Å². The van der Waals surface area contributed by atoms with Crippen molar-refractivity contribution < 1.29 is 17.6 Å². The number of benzene rings is 2. The Morgan fingerprint density at radius 1 is 1.06 bits per heavy atom. The van der Waals surface area contributed by atoms with Gasteiger partial charge in [0.05, 0.1) is 34.3 Å². The number of sulfone groups is 1. The second-order valence-corrected chi connectivity index (χ2v) is 10.5. The largest absolute Gasteiger partial charge is 0.467 e. The molecular formula is C23H22N2O4S2. The average Bonchev–Trinajstić information content (AvgIpc) is 3.39. The van der Waals surface area contributed by atoms with Gasteiger partial charge in [-0.05, 0) is 54.8 Å². The first-order valence-electron chi connectivity index (χ1n) is 9.71. The van der Waals surface area contributed by atoms with E-state index in [4.69, 9.17) is 9.40 Å². The lowest BCUT2D eigenvalue weighted by molar-refractivity contribution is -0.118. The minimum absolute atomic E-state index is 0.124. The van der Waals surface area contributed by atoms with E-state index in [1.807, 2.05) is 26.0 Å². The van der Waals surface area contributed by atoms with Gasteiger partial charge in [-0.15, -0.1) is 0 Å². The van der Waals surface area contributed by atoms with Crippen LogP contribution in [0.4, 0.5) is 5.13 Å². The standard InChI is InChI=1S/C23H22N2O4S2/c1-15-6-7-16(2)22-21(15)24-23(30-22)25(14-18-5-4-12-29-18)20(26)13-17-8-10-19(11-9-17)31(3,27)28/h4-12H,13-14H2,1-3H3. The highest BCUT2D eigenvalue weighted by Gasteiger charge is 2.22. The minimum Gasteiger partial charge on any atom is -0.467 e. The predicted octanol–water partition coefficient (Wildman–Crippen LogP) is 4.69. The summed E-state index contributed by atoms with van der Waals surface area (Å²) in [6, 6.07) is 14.1. The van der Waals surface area contributed by atoms with Gasteiger partial charge in [-0.2, -0.15) is 0 Å². The van der Waals surface area contributed by atoms with Gasteiger partial charge in [0.15, 0.2) is 15.0 Å². The number of aromatic nitrogens is 1. The van der Waals surface area contributed by atoms with Crippen LogP contribution in [0.2, 0.25) is 0 Å². The van der Waals surface area contributed by atoms with Gasteiger partial charge < -0.3 is 4.42 Å². The van der Waals surface area contributed by atoms with Crippen LogP contribution in [0.5, 0.6) is 0 Å². The number of amides is 1. The number of anilines is 1. The number of carbonyl (C=O) groups is 1. The number of fused-ring (bicyclic) bond motifs is 1. The van der Waals surface area contributed by atoms with Crippen LogP contribution < -0.4 is 4.90 Å². The maximum absolute atomic E-state index is 13.3. The minimum atomic E-state index is -3.28. The lowest BCUT2D eigenvalue weighted by Gasteiger charge is -2.19. The van der Waals surface area contributed by atoms with E-state index in [2.05, 4.69) is 6.07 Å². The molecule has 160 valence electrons. The van der Waals surface area contributed by atoms with Crippen molar-refractivity contribution in [3.63, 3.8) is 0 Å². The molecule has 0 spiro atoms. The molecule has 0 saturated carbocycles. The summed E-state index contributed by atoms with van der Waals surface area (Å²) >= 11 is 1.49. The number of carbonyl (C=O) groups excluding carboxylic acids is 1. The van der Waals surface area contributed by atoms with Crippen LogP contribution in [-0.2, 0) is 27.6 Å². The Morgan fingerprint density at radius 2 is 1.77 bits per heavy atom. The lowest BCUT2D eigenvalue weighted by atomic mass is 10.1. The van der Waals surface area contributed by atoms with Crippen molar-refractivity contribution >= 4 is 42.4 Å². The van der Waals surface area contributed by atoms with Crippen LogP contribution in [0, 0.1) is 13.8 Å². The van der Waals surface area contributed by atoms with Gasteiger partial charge in [0.2, 0.25) is 5.91 Å². The molecule has 0 radical (unpaired) electrons. The molecule has 4 aromatic rings. The Bertz CT molecular complexity index is 1300. The number of hydrogen-bond donors (Lipinski definition) is 0. The molecule has 0 aliphatic carbocycles. The first kappa shape index (κ1) is 21.3. The first-order chi connectivity index (χ1) is 14.7. The molecule has 6 nitrogen and oxygen atoms in total. The fourth-order valence-corrected chi connectivity index (χ4v) is 5.07. The zero-order valence-corrected chi connectivity index (χ0v) is 19.1. The number of nitrogens with zero attached hydrogens (tertiary/aromatic N) is 2. The molecule has 31 heavy (non-hydrogen) atoms. The quantitative estimate of drug-likeness (QED) is 0.422. The van der Waals surface area contributed by atoms with Gasteiger partial charge in [-0.3, -0.25) is 9.69 Å². The van der Waals surface area contributed by atoms with Gasteiger partial charge in [-0.25, -0.2) is 13.4 Å². The molecule has 0 atom stereocenters. The number of aryl methyl sites for hydroxylation is 2. The second kappa shape index (κ2) is 8.28. The van der Waals surface area contributed by atoms with Gasteiger partial charge in [0.1, 0.15) is 5.76 Å². The Morgan fingerprint density at radius 3 is 2.39 bits per heavy atom. The van der Waals surface area contributed by atoms with E-state index in [1.54, 1.807) is 29.4 Å². The molecule has 2 aromatic carbocycles. The SMILES string of the molecule is Cc1ccc(C)c2sc(N(Cc3ccco3)C(=O)Cc3ccc(S(C)(=O)=O)cc3)nc12. The molecule has 0 fully saturated rings. The zero-order valence-electron chi connectivity index (χ0n) is 17.5. The number of hydrogen-bond acceptors (Lipinski definition) is 6. The highest BCUT2D eigenvalue weighted by atomic mass is 32.2. The fraction of sp³-hybridized carbons (Fsp3) is 0.217. The summed E-state index contributed by atoms with van der Waals surface area (Å²) in [6.07, 6.45) is 2.86. The maximum atomic E-state index is 13.3. The summed E-state index contributed by atoms with van der Waals surface area (Å²) in [4.78, 5) is 19.9. The van der Waals surface area contributed by atoms with Crippen molar-refractivity contribution in [2.24, 2.45) is 0 Å². The van der Waals surface area contributed by atoms with E-state index in [0.29, 0.717) is 10.9 Å². The third kappa shape index (κ3) is 4.55. The normalized spacial score (nSPS) is 11.7. The molecule has 0 aliphatic heterocycles. The van der Waals surface area contributed by atoms with Gasteiger partial charge in [0, 0.05) is 6.26 Å². The van der Waals surface area contributed by atoms with Gasteiger partial charge in [-0.1, -0.05) is 35.6 Å².